The second-order valence-electron chi connectivity index (χ2n) is 4.78. The van der Waals surface area contributed by atoms with Crippen LogP contribution in [-0.2, 0) is 4.79 Å². The molecular formula is C13H19ClN4O. The highest BCUT2D eigenvalue weighted by Gasteiger charge is 2.15. The number of likely N-dealkylation sites (tertiary alicyclic amines) is 1. The number of aryl methyl sites for hydroxylation is 1. The van der Waals surface area contributed by atoms with E-state index in [-0.39, 0.29) is 11.2 Å². The highest BCUT2D eigenvalue weighted by atomic mass is 35.5. The molecule has 0 saturated carbocycles. The average molecular weight is 283 g/mol. The van der Waals surface area contributed by atoms with E-state index in [9.17, 15) is 4.79 Å². The molecule has 1 fully saturated rings. The maximum absolute atomic E-state index is 11.9. The van der Waals surface area contributed by atoms with Gasteiger partial charge in [-0.25, -0.2) is 9.97 Å². The Morgan fingerprint density at radius 1 is 1.37 bits per heavy atom. The Morgan fingerprint density at radius 3 is 2.79 bits per heavy atom. The Morgan fingerprint density at radius 2 is 2.11 bits per heavy atom. The van der Waals surface area contributed by atoms with Gasteiger partial charge in [-0.3, -0.25) is 4.79 Å². The molecule has 0 aromatic carbocycles. The molecule has 1 amide bonds. The number of piperidine rings is 1. The van der Waals surface area contributed by atoms with E-state index in [0.29, 0.717) is 18.8 Å². The van der Waals surface area contributed by atoms with Crippen molar-refractivity contribution in [3.63, 3.8) is 0 Å². The summed E-state index contributed by atoms with van der Waals surface area (Å²) in [7, 11) is 0. The van der Waals surface area contributed by atoms with E-state index in [1.54, 1.807) is 0 Å². The number of hydrogen-bond donors (Lipinski definition) is 1. The smallest absolute Gasteiger partial charge is 0.224 e. The minimum absolute atomic E-state index is 0.212. The summed E-state index contributed by atoms with van der Waals surface area (Å²) in [6.45, 7) is 4.23. The molecule has 0 radical (unpaired) electrons. The van der Waals surface area contributed by atoms with Gasteiger partial charge in [-0.15, -0.1) is 0 Å². The summed E-state index contributed by atoms with van der Waals surface area (Å²) in [6.07, 6.45) is 3.97. The predicted octanol–water partition coefficient (Wildman–Crippen LogP) is 2.25. The van der Waals surface area contributed by atoms with E-state index in [0.717, 1.165) is 31.6 Å². The van der Waals surface area contributed by atoms with E-state index in [2.05, 4.69) is 15.3 Å². The quantitative estimate of drug-likeness (QED) is 0.861. The van der Waals surface area contributed by atoms with Crippen molar-refractivity contribution in [1.29, 1.82) is 0 Å². The van der Waals surface area contributed by atoms with Crippen LogP contribution in [0, 0.1) is 6.92 Å². The van der Waals surface area contributed by atoms with E-state index < -0.39 is 0 Å². The third-order valence-corrected chi connectivity index (χ3v) is 3.35. The van der Waals surface area contributed by atoms with Gasteiger partial charge in [-0.1, -0.05) is 0 Å². The molecule has 0 unspecified atom stereocenters. The van der Waals surface area contributed by atoms with Crippen molar-refractivity contribution in [1.82, 2.24) is 14.9 Å². The van der Waals surface area contributed by atoms with Crippen LogP contribution in [0.1, 0.15) is 31.4 Å². The van der Waals surface area contributed by atoms with Crippen molar-refractivity contribution in [3.8, 4) is 0 Å². The van der Waals surface area contributed by atoms with Gasteiger partial charge in [0.2, 0.25) is 11.2 Å². The van der Waals surface area contributed by atoms with Crippen LogP contribution >= 0.6 is 11.6 Å². The Labute approximate surface area is 118 Å². The largest absolute Gasteiger partial charge is 0.369 e. The van der Waals surface area contributed by atoms with Crippen molar-refractivity contribution < 1.29 is 4.79 Å². The van der Waals surface area contributed by atoms with Gasteiger partial charge in [0, 0.05) is 37.8 Å². The van der Waals surface area contributed by atoms with Crippen molar-refractivity contribution in [2.24, 2.45) is 0 Å². The maximum Gasteiger partial charge on any atom is 0.224 e. The van der Waals surface area contributed by atoms with Gasteiger partial charge >= 0.3 is 0 Å². The first kappa shape index (κ1) is 14.1. The fourth-order valence-electron chi connectivity index (χ4n) is 2.22. The number of rotatable bonds is 4. The summed E-state index contributed by atoms with van der Waals surface area (Å²) in [6, 6.07) is 1.82. The third kappa shape index (κ3) is 4.35. The molecule has 1 aromatic rings. The first-order valence-corrected chi connectivity index (χ1v) is 7.06. The molecule has 1 aromatic heterocycles. The van der Waals surface area contributed by atoms with Crippen LogP contribution in [0.15, 0.2) is 6.07 Å². The number of halogens is 1. The lowest BCUT2D eigenvalue weighted by Gasteiger charge is -2.26. The standard InChI is InChI=1S/C13H19ClN4O/c1-10-9-11(17-13(14)16-10)15-6-5-12(19)18-7-3-2-4-8-18/h9H,2-8H2,1H3,(H,15,16,17). The number of carbonyl (C=O) groups excluding carboxylic acids is 1. The summed E-state index contributed by atoms with van der Waals surface area (Å²) < 4.78 is 0. The van der Waals surface area contributed by atoms with Gasteiger partial charge in [0.25, 0.3) is 0 Å². The number of nitrogens with one attached hydrogen (secondary N) is 1. The van der Waals surface area contributed by atoms with Crippen molar-refractivity contribution in [2.45, 2.75) is 32.6 Å². The zero-order valence-corrected chi connectivity index (χ0v) is 11.9. The molecule has 0 atom stereocenters. The summed E-state index contributed by atoms with van der Waals surface area (Å²) >= 11 is 5.78. The Bertz CT molecular complexity index is 426. The SMILES string of the molecule is Cc1cc(NCCC(=O)N2CCCCC2)nc(Cl)n1. The van der Waals surface area contributed by atoms with Gasteiger partial charge < -0.3 is 10.2 Å². The molecule has 0 spiro atoms. The lowest BCUT2D eigenvalue weighted by atomic mass is 10.1. The van der Waals surface area contributed by atoms with Crippen molar-refractivity contribution in [3.05, 3.63) is 17.0 Å². The molecule has 1 aliphatic rings. The monoisotopic (exact) mass is 282 g/mol. The molecular weight excluding hydrogens is 264 g/mol. The lowest BCUT2D eigenvalue weighted by Crippen LogP contribution is -2.36. The van der Waals surface area contributed by atoms with Gasteiger partial charge in [-0.05, 0) is 37.8 Å². The summed E-state index contributed by atoms with van der Waals surface area (Å²) in [4.78, 5) is 21.9. The Kier molecular flexibility index (Phi) is 4.96. The van der Waals surface area contributed by atoms with Crippen molar-refractivity contribution >= 4 is 23.3 Å². The van der Waals surface area contributed by atoms with Crippen LogP contribution in [0.3, 0.4) is 0 Å². The average Bonchev–Trinajstić information content (AvgIpc) is 2.38. The summed E-state index contributed by atoms with van der Waals surface area (Å²) in [5.41, 5.74) is 0.810. The molecule has 5 nitrogen and oxygen atoms in total. The second-order valence-corrected chi connectivity index (χ2v) is 5.12. The van der Waals surface area contributed by atoms with E-state index >= 15 is 0 Å². The van der Waals surface area contributed by atoms with E-state index in [1.807, 2.05) is 17.9 Å². The van der Waals surface area contributed by atoms with Crippen molar-refractivity contribution in [2.75, 3.05) is 25.0 Å². The Hall–Kier alpha value is -1.36. The van der Waals surface area contributed by atoms with E-state index in [1.165, 1.54) is 6.42 Å². The van der Waals surface area contributed by atoms with Gasteiger partial charge in [0.15, 0.2) is 0 Å². The number of carbonyl (C=O) groups is 1. The minimum atomic E-state index is 0.212. The Balaban J connectivity index is 1.77. The highest BCUT2D eigenvalue weighted by molar-refractivity contribution is 6.28. The fourth-order valence-corrected chi connectivity index (χ4v) is 2.45. The van der Waals surface area contributed by atoms with Crippen LogP contribution in [-0.4, -0.2) is 40.4 Å². The van der Waals surface area contributed by atoms with Gasteiger partial charge in [0.05, 0.1) is 0 Å². The highest BCUT2D eigenvalue weighted by Crippen LogP contribution is 2.11. The molecule has 19 heavy (non-hydrogen) atoms. The fraction of sp³-hybridized carbons (Fsp3) is 0.615. The molecule has 2 heterocycles. The molecule has 2 rings (SSSR count). The van der Waals surface area contributed by atoms with Gasteiger partial charge in [0.1, 0.15) is 5.82 Å². The van der Waals surface area contributed by atoms with Crippen LogP contribution in [0.5, 0.6) is 0 Å². The lowest BCUT2D eigenvalue weighted by molar-refractivity contribution is -0.131. The minimum Gasteiger partial charge on any atom is -0.369 e. The number of hydrogen-bond acceptors (Lipinski definition) is 4. The topological polar surface area (TPSA) is 58.1 Å². The molecule has 6 heteroatoms. The van der Waals surface area contributed by atoms with Crippen LogP contribution in [0.2, 0.25) is 5.28 Å². The first-order chi connectivity index (χ1) is 9.15. The zero-order valence-electron chi connectivity index (χ0n) is 11.2. The van der Waals surface area contributed by atoms with Crippen LogP contribution in [0.25, 0.3) is 0 Å². The third-order valence-electron chi connectivity index (χ3n) is 3.18. The maximum atomic E-state index is 11.9. The number of nitrogens with zero attached hydrogens (tertiary/aromatic N) is 3. The van der Waals surface area contributed by atoms with Gasteiger partial charge in [-0.2, -0.15) is 0 Å². The zero-order chi connectivity index (χ0) is 13.7. The number of aromatic nitrogens is 2. The molecule has 1 saturated heterocycles. The normalized spacial score (nSPS) is 15.4. The van der Waals surface area contributed by atoms with E-state index in [4.69, 9.17) is 11.6 Å². The summed E-state index contributed by atoms with van der Waals surface area (Å²) in [5.74, 6) is 0.882. The molecule has 0 aliphatic carbocycles. The summed E-state index contributed by atoms with van der Waals surface area (Å²) in [5, 5.41) is 3.34. The van der Waals surface area contributed by atoms with Crippen LogP contribution < -0.4 is 5.32 Å². The second kappa shape index (κ2) is 6.70. The molecule has 1 N–H and O–H groups in total. The molecule has 104 valence electrons. The van der Waals surface area contributed by atoms with Crippen LogP contribution in [0.4, 0.5) is 5.82 Å². The molecule has 0 bridgehead atoms. The first-order valence-electron chi connectivity index (χ1n) is 6.68. The predicted molar refractivity (Wildman–Crippen MR) is 75.3 cm³/mol. The molecule has 1 aliphatic heterocycles. The number of amides is 1. The number of anilines is 1.